The molecule has 0 fully saturated rings. The fourth-order valence-electron chi connectivity index (χ4n) is 9.14. The molecule has 0 saturated heterocycles. The largest absolute Gasteiger partial charge is 0.327 e. The number of imidazole rings is 1. The first-order valence-electron chi connectivity index (χ1n) is 19.5. The molecule has 0 bridgehead atoms. The lowest BCUT2D eigenvalue weighted by atomic mass is 9.99. The third-order valence-electron chi connectivity index (χ3n) is 11.8. The van der Waals surface area contributed by atoms with E-state index in [1.165, 1.54) is 26.3 Å². The maximum atomic E-state index is 17.3. The zero-order valence-corrected chi connectivity index (χ0v) is 33.8. The van der Waals surface area contributed by atoms with Crippen LogP contribution >= 0.6 is 8.79 Å². The molecule has 0 spiro atoms. The van der Waals surface area contributed by atoms with Crippen LogP contribution < -0.4 is 20.5 Å². The van der Waals surface area contributed by atoms with Crippen LogP contribution in [0.15, 0.2) is 188 Å². The Kier molecular flexibility index (Phi) is 8.04. The van der Waals surface area contributed by atoms with Crippen molar-refractivity contribution in [1.82, 2.24) is 19.1 Å². The number of rotatable bonds is 6. The molecule has 7 aromatic carbocycles. The van der Waals surface area contributed by atoms with Crippen molar-refractivity contribution in [2.24, 2.45) is 7.05 Å². The molecule has 58 heavy (non-hydrogen) atoms. The van der Waals surface area contributed by atoms with Gasteiger partial charge in [-0.15, -0.1) is 8.79 Å². The van der Waals surface area contributed by atoms with E-state index < -0.39 is 13.9 Å². The van der Waals surface area contributed by atoms with Gasteiger partial charge in [-0.05, 0) is 93.4 Å². The second kappa shape index (κ2) is 13.5. The topological polar surface area (TPSA) is 38.9 Å². The van der Waals surface area contributed by atoms with E-state index in [1.807, 2.05) is 80.0 Å². The molecule has 278 valence electrons. The van der Waals surface area contributed by atoms with Crippen LogP contribution in [-0.4, -0.2) is 26.8 Å². The number of hydrogen-bond acceptors (Lipinski definition) is 3. The van der Waals surface area contributed by atoms with E-state index in [2.05, 4.69) is 138 Å². The van der Waals surface area contributed by atoms with Crippen molar-refractivity contribution in [1.29, 1.82) is 0 Å². The highest BCUT2D eigenvalue weighted by Crippen LogP contribution is 2.45. The monoisotopic (exact) mass is 785 g/mol. The summed E-state index contributed by atoms with van der Waals surface area (Å²) < 4.78 is 21.7. The summed E-state index contributed by atoms with van der Waals surface area (Å²) in [5.74, 6) is 1.59. The second-order valence-corrected chi connectivity index (χ2v) is 20.8. The average molecular weight is 786 g/mol. The van der Waals surface area contributed by atoms with Gasteiger partial charge in [-0.25, -0.2) is 14.4 Å². The van der Waals surface area contributed by atoms with Crippen molar-refractivity contribution in [3.63, 3.8) is 0 Å². The summed E-state index contributed by atoms with van der Waals surface area (Å²) in [7, 11) is 2.52. The Balaban J connectivity index is 1.15. The zero-order chi connectivity index (χ0) is 39.0. The van der Waals surface area contributed by atoms with Crippen LogP contribution in [0.2, 0.25) is 0 Å². The number of halogens is 1. The molecule has 1 aliphatic heterocycles. The Hall–Kier alpha value is -6.66. The number of nitrogens with zero attached hydrogens (tertiary/aromatic N) is 5. The van der Waals surface area contributed by atoms with Gasteiger partial charge in [0.15, 0.2) is 13.9 Å². The number of fused-ring (bicyclic) bond motifs is 7. The Labute approximate surface area is 338 Å². The predicted molar refractivity (Wildman–Crippen MR) is 243 cm³/mol. The molecule has 1 aliphatic rings. The number of anilines is 3. The van der Waals surface area contributed by atoms with Gasteiger partial charge in [0, 0.05) is 46.6 Å². The highest BCUT2D eigenvalue weighted by molar-refractivity contribution is 7.79. The van der Waals surface area contributed by atoms with Gasteiger partial charge in [0.25, 0.3) is 0 Å². The van der Waals surface area contributed by atoms with Crippen molar-refractivity contribution in [2.75, 3.05) is 4.90 Å². The van der Waals surface area contributed by atoms with E-state index in [1.54, 1.807) is 0 Å². The number of hydrogen-bond donors (Lipinski definition) is 0. The number of pyridine rings is 1. The van der Waals surface area contributed by atoms with Gasteiger partial charge < -0.3 is 9.13 Å². The molecule has 0 radical (unpaired) electrons. The second-order valence-electron chi connectivity index (χ2n) is 15.0. The lowest BCUT2D eigenvalue weighted by molar-refractivity contribution is 0.402. The standard InChI is InChI=1S/C50H37FN5PSi/c1-54-41-24-11-9-22-39(41)53-50(54)35-16-14-15-33(31-35)48(51)34-26-29-45-44(32-34)56(46-25-12-13-30-52-46)43-28-27-42-47(49(43)58(45,57)37-19-6-3-7-20-37)38-21-8-10-23-40(38)55(42)36-17-4-2-5-18-36/h2-32,48H,57H2,1H3. The third kappa shape index (κ3) is 5.17. The molecule has 0 saturated carbocycles. The molecule has 8 heteroatoms. The van der Waals surface area contributed by atoms with Gasteiger partial charge in [0.1, 0.15) is 11.6 Å². The maximum Gasteiger partial charge on any atom is 0.174 e. The summed E-state index contributed by atoms with van der Waals surface area (Å²) >= 11 is 0. The summed E-state index contributed by atoms with van der Waals surface area (Å²) in [6.07, 6.45) is 0.454. The quantitative estimate of drug-likeness (QED) is 0.125. The van der Waals surface area contributed by atoms with Crippen LogP contribution in [0.3, 0.4) is 0 Å². The van der Waals surface area contributed by atoms with Crippen molar-refractivity contribution < 1.29 is 4.39 Å². The van der Waals surface area contributed by atoms with Crippen LogP contribution in [-0.2, 0) is 7.05 Å². The molecule has 3 atom stereocenters. The van der Waals surface area contributed by atoms with Crippen LogP contribution in [0.25, 0.3) is 49.9 Å². The number of aromatic nitrogens is 4. The lowest BCUT2D eigenvalue weighted by Gasteiger charge is -2.43. The fourth-order valence-corrected chi connectivity index (χ4v) is 15.1. The maximum absolute atomic E-state index is 17.3. The molecular formula is C50H37FN5PSi. The van der Waals surface area contributed by atoms with Crippen LogP contribution in [0.4, 0.5) is 21.6 Å². The minimum absolute atomic E-state index is 0.581. The van der Waals surface area contributed by atoms with E-state index in [0.29, 0.717) is 11.1 Å². The first-order chi connectivity index (χ1) is 28.5. The molecule has 0 aliphatic carbocycles. The highest BCUT2D eigenvalue weighted by Gasteiger charge is 2.46. The molecule has 10 aromatic rings. The van der Waals surface area contributed by atoms with Gasteiger partial charge in [-0.3, -0.25) is 4.90 Å². The summed E-state index contributed by atoms with van der Waals surface area (Å²) in [6.45, 7) is 0. The normalized spacial score (nSPS) is 15.5. The number of aryl methyl sites for hydroxylation is 1. The lowest BCUT2D eigenvalue weighted by Crippen LogP contribution is -2.66. The molecule has 0 amide bonds. The molecule has 5 nitrogen and oxygen atoms in total. The average Bonchev–Trinajstić information content (AvgIpc) is 3.81. The van der Waals surface area contributed by atoms with Crippen molar-refractivity contribution in [3.8, 4) is 17.1 Å². The van der Waals surface area contributed by atoms with Gasteiger partial charge in [-0.2, -0.15) is 0 Å². The van der Waals surface area contributed by atoms with E-state index in [9.17, 15) is 0 Å². The summed E-state index contributed by atoms with van der Waals surface area (Å²) in [4.78, 5) is 12.1. The number of benzene rings is 7. The van der Waals surface area contributed by atoms with E-state index in [4.69, 9.17) is 9.97 Å². The first kappa shape index (κ1) is 34.6. The van der Waals surface area contributed by atoms with E-state index in [0.717, 1.165) is 56.3 Å². The Morgan fingerprint density at radius 2 is 1.34 bits per heavy atom. The molecule has 3 unspecified atom stereocenters. The molecule has 11 rings (SSSR count). The van der Waals surface area contributed by atoms with Crippen molar-refractivity contribution in [3.05, 3.63) is 199 Å². The van der Waals surface area contributed by atoms with Crippen LogP contribution in [0, 0.1) is 0 Å². The van der Waals surface area contributed by atoms with Gasteiger partial charge in [0.05, 0.1) is 22.1 Å². The summed E-state index contributed by atoms with van der Waals surface area (Å²) in [5, 5.41) is 6.13. The van der Waals surface area contributed by atoms with Crippen molar-refractivity contribution in [2.45, 2.75) is 6.17 Å². The zero-order valence-electron chi connectivity index (χ0n) is 31.7. The number of alkyl halides is 1. The highest BCUT2D eigenvalue weighted by atomic mass is 31.3. The molecular weight excluding hydrogens is 749 g/mol. The smallest absolute Gasteiger partial charge is 0.174 e. The van der Waals surface area contributed by atoms with E-state index >= 15 is 4.39 Å². The first-order valence-corrected chi connectivity index (χ1v) is 23.3. The molecule has 3 aromatic heterocycles. The van der Waals surface area contributed by atoms with Crippen molar-refractivity contribution >= 4 is 82.1 Å². The third-order valence-corrected chi connectivity index (χ3v) is 18.4. The minimum Gasteiger partial charge on any atom is -0.327 e. The SMILES string of the molecule is Cn1c(-c2cccc(C(F)c3ccc4c(c3)N(c3ccccn3)c3ccc5c(c3[Si]4(P)c3ccccc3)c3ccccc3n5-c3ccccc3)c2)nc2ccccc21. The van der Waals surface area contributed by atoms with Gasteiger partial charge in [0.2, 0.25) is 0 Å². The van der Waals surface area contributed by atoms with Gasteiger partial charge in [-0.1, -0.05) is 115 Å². The number of para-hydroxylation sites is 4. The van der Waals surface area contributed by atoms with E-state index in [-0.39, 0.29) is 0 Å². The van der Waals surface area contributed by atoms with Gasteiger partial charge >= 0.3 is 0 Å². The molecule has 4 heterocycles. The Morgan fingerprint density at radius 1 is 0.621 bits per heavy atom. The predicted octanol–water partition coefficient (Wildman–Crippen LogP) is 10.4. The fraction of sp³-hybridized carbons (Fsp3) is 0.0400. The Morgan fingerprint density at radius 3 is 2.14 bits per heavy atom. The van der Waals surface area contributed by atoms with Crippen LogP contribution in [0.5, 0.6) is 0 Å². The minimum atomic E-state index is -2.91. The summed E-state index contributed by atoms with van der Waals surface area (Å²) in [5.41, 5.74) is 9.39. The van der Waals surface area contributed by atoms with Crippen LogP contribution in [0.1, 0.15) is 17.3 Å². The summed E-state index contributed by atoms with van der Waals surface area (Å²) in [6, 6.07) is 62.8. The Bertz CT molecular complexity index is 3180. The molecule has 0 N–H and O–H groups in total.